The van der Waals surface area contributed by atoms with Crippen molar-refractivity contribution in [2.24, 2.45) is 5.73 Å². The predicted octanol–water partition coefficient (Wildman–Crippen LogP) is 1.17. The van der Waals surface area contributed by atoms with Crippen LogP contribution in [0.2, 0.25) is 0 Å². The lowest BCUT2D eigenvalue weighted by Crippen LogP contribution is -2.22. The Labute approximate surface area is 83.8 Å². The summed E-state index contributed by atoms with van der Waals surface area (Å²) < 4.78 is 0. The van der Waals surface area contributed by atoms with Gasteiger partial charge in [0.2, 0.25) is 0 Å². The third-order valence-corrected chi connectivity index (χ3v) is 2.50. The second-order valence-corrected chi connectivity index (χ2v) is 3.57. The zero-order chi connectivity index (χ0) is 9.84. The number of hydrogen-bond donors (Lipinski definition) is 1. The van der Waals surface area contributed by atoms with Gasteiger partial charge < -0.3 is 10.6 Å². The fourth-order valence-electron chi connectivity index (χ4n) is 1.52. The zero-order valence-electron chi connectivity index (χ0n) is 7.71. The van der Waals surface area contributed by atoms with Crippen LogP contribution in [-0.4, -0.2) is 23.0 Å². The van der Waals surface area contributed by atoms with E-state index in [1.807, 2.05) is 13.0 Å². The molecule has 1 aliphatic rings. The van der Waals surface area contributed by atoms with Gasteiger partial charge in [-0.25, -0.2) is 0 Å². The summed E-state index contributed by atoms with van der Waals surface area (Å²) in [7, 11) is 0. The molecule has 1 rings (SSSR count). The maximum atomic E-state index is 8.83. The van der Waals surface area contributed by atoms with E-state index in [0.717, 1.165) is 18.8 Å². The molecule has 0 aromatic carbocycles. The quantitative estimate of drug-likeness (QED) is 0.408. The highest BCUT2D eigenvalue weighted by atomic mass is 32.1. The Morgan fingerprint density at radius 3 is 2.38 bits per heavy atom. The SMILES string of the molecule is CC(=C(C#N)C(N)=S)N1CCCC1. The fraction of sp³-hybridized carbons (Fsp3) is 0.556. The van der Waals surface area contributed by atoms with Crippen LogP contribution in [0.5, 0.6) is 0 Å². The minimum Gasteiger partial charge on any atom is -0.389 e. The van der Waals surface area contributed by atoms with Gasteiger partial charge in [0.15, 0.2) is 0 Å². The molecular formula is C9H13N3S. The molecule has 0 amide bonds. The predicted molar refractivity (Wildman–Crippen MR) is 55.9 cm³/mol. The number of thiocarbonyl (C=S) groups is 1. The first-order valence-electron chi connectivity index (χ1n) is 4.32. The minimum atomic E-state index is 0.201. The molecule has 4 heteroatoms. The molecule has 1 heterocycles. The van der Waals surface area contributed by atoms with Crippen LogP contribution in [0.1, 0.15) is 19.8 Å². The highest BCUT2D eigenvalue weighted by Gasteiger charge is 2.16. The standard InChI is InChI=1S/C9H13N3S/c1-7(8(6-10)9(11)13)12-4-2-3-5-12/h2-5H2,1H3,(H2,11,13). The maximum absolute atomic E-state index is 8.83. The van der Waals surface area contributed by atoms with Crippen LogP contribution in [-0.2, 0) is 0 Å². The van der Waals surface area contributed by atoms with Crippen LogP contribution >= 0.6 is 12.2 Å². The van der Waals surface area contributed by atoms with E-state index in [1.165, 1.54) is 12.8 Å². The summed E-state index contributed by atoms with van der Waals surface area (Å²) in [6.07, 6.45) is 2.38. The van der Waals surface area contributed by atoms with Crippen molar-refractivity contribution in [3.63, 3.8) is 0 Å². The van der Waals surface area contributed by atoms with Gasteiger partial charge in [0.25, 0.3) is 0 Å². The Hall–Kier alpha value is -1.08. The van der Waals surface area contributed by atoms with Gasteiger partial charge in [0.05, 0.1) is 0 Å². The second kappa shape index (κ2) is 4.24. The number of hydrogen-bond acceptors (Lipinski definition) is 3. The topological polar surface area (TPSA) is 53.1 Å². The second-order valence-electron chi connectivity index (χ2n) is 3.13. The molecule has 70 valence electrons. The molecule has 0 bridgehead atoms. The zero-order valence-corrected chi connectivity index (χ0v) is 8.52. The highest BCUT2D eigenvalue weighted by molar-refractivity contribution is 7.80. The third-order valence-electron chi connectivity index (χ3n) is 2.30. The van der Waals surface area contributed by atoms with Gasteiger partial charge in [-0.05, 0) is 19.8 Å². The summed E-state index contributed by atoms with van der Waals surface area (Å²) in [4.78, 5) is 2.37. The number of nitriles is 1. The molecule has 0 unspecified atom stereocenters. The van der Waals surface area contributed by atoms with Crippen LogP contribution in [0, 0.1) is 11.3 Å². The van der Waals surface area contributed by atoms with Crippen LogP contribution in [0.3, 0.4) is 0 Å². The lowest BCUT2D eigenvalue weighted by molar-refractivity contribution is 0.426. The van der Waals surface area contributed by atoms with E-state index in [-0.39, 0.29) is 4.99 Å². The van der Waals surface area contributed by atoms with Gasteiger partial charge >= 0.3 is 0 Å². The normalized spacial score (nSPS) is 18.0. The Kier molecular flexibility index (Phi) is 3.26. The molecule has 0 atom stereocenters. The van der Waals surface area contributed by atoms with Crippen molar-refractivity contribution in [1.82, 2.24) is 4.90 Å². The van der Waals surface area contributed by atoms with Crippen molar-refractivity contribution < 1.29 is 0 Å². The molecule has 2 N–H and O–H groups in total. The molecular weight excluding hydrogens is 182 g/mol. The molecule has 0 aliphatic carbocycles. The summed E-state index contributed by atoms with van der Waals surface area (Å²) in [6, 6.07) is 2.05. The molecule has 1 aliphatic heterocycles. The number of rotatable bonds is 2. The molecule has 1 fully saturated rings. The Morgan fingerprint density at radius 2 is 2.00 bits per heavy atom. The van der Waals surface area contributed by atoms with E-state index in [1.54, 1.807) is 0 Å². The van der Waals surface area contributed by atoms with Gasteiger partial charge in [-0.3, -0.25) is 0 Å². The summed E-state index contributed by atoms with van der Waals surface area (Å²) in [6.45, 7) is 3.93. The van der Waals surface area contributed by atoms with E-state index in [2.05, 4.69) is 4.90 Å². The van der Waals surface area contributed by atoms with E-state index >= 15 is 0 Å². The maximum Gasteiger partial charge on any atom is 0.116 e. The van der Waals surface area contributed by atoms with Gasteiger partial charge in [0, 0.05) is 18.8 Å². The van der Waals surface area contributed by atoms with Crippen LogP contribution in [0.4, 0.5) is 0 Å². The van der Waals surface area contributed by atoms with Crippen LogP contribution < -0.4 is 5.73 Å². The first kappa shape index (κ1) is 10.0. The number of nitrogens with two attached hydrogens (primary N) is 1. The lowest BCUT2D eigenvalue weighted by atomic mass is 10.2. The Balaban J connectivity index is 2.87. The molecule has 3 nitrogen and oxygen atoms in total. The van der Waals surface area contributed by atoms with Gasteiger partial charge in [0.1, 0.15) is 16.6 Å². The molecule has 0 saturated carbocycles. The first-order chi connectivity index (χ1) is 6.16. The molecule has 0 aromatic rings. The smallest absolute Gasteiger partial charge is 0.116 e. The average Bonchev–Trinajstić information content (AvgIpc) is 2.56. The largest absolute Gasteiger partial charge is 0.389 e. The van der Waals surface area contributed by atoms with Crippen molar-refractivity contribution in [3.8, 4) is 6.07 Å². The molecule has 13 heavy (non-hydrogen) atoms. The van der Waals surface area contributed by atoms with Crippen molar-refractivity contribution in [3.05, 3.63) is 11.3 Å². The van der Waals surface area contributed by atoms with Gasteiger partial charge in [-0.2, -0.15) is 5.26 Å². The van der Waals surface area contributed by atoms with E-state index < -0.39 is 0 Å². The number of allylic oxidation sites excluding steroid dienone is 1. The summed E-state index contributed by atoms with van der Waals surface area (Å²) in [5, 5.41) is 8.83. The Morgan fingerprint density at radius 1 is 1.46 bits per heavy atom. The van der Waals surface area contributed by atoms with Gasteiger partial charge in [-0.1, -0.05) is 12.2 Å². The highest BCUT2D eigenvalue weighted by Crippen LogP contribution is 2.17. The van der Waals surface area contributed by atoms with Crippen LogP contribution in [0.25, 0.3) is 0 Å². The van der Waals surface area contributed by atoms with E-state index in [9.17, 15) is 0 Å². The van der Waals surface area contributed by atoms with Crippen molar-refractivity contribution in [2.45, 2.75) is 19.8 Å². The molecule has 0 radical (unpaired) electrons. The lowest BCUT2D eigenvalue weighted by Gasteiger charge is -2.19. The van der Waals surface area contributed by atoms with Crippen molar-refractivity contribution >= 4 is 17.2 Å². The fourth-order valence-corrected chi connectivity index (χ4v) is 1.72. The Bertz CT molecular complexity index is 282. The summed E-state index contributed by atoms with van der Waals surface area (Å²) in [5.74, 6) is 0. The average molecular weight is 195 g/mol. The summed E-state index contributed by atoms with van der Waals surface area (Å²) in [5.41, 5.74) is 6.82. The first-order valence-corrected chi connectivity index (χ1v) is 4.73. The monoisotopic (exact) mass is 195 g/mol. The number of likely N-dealkylation sites (tertiary alicyclic amines) is 1. The third kappa shape index (κ3) is 2.19. The van der Waals surface area contributed by atoms with E-state index in [4.69, 9.17) is 23.2 Å². The van der Waals surface area contributed by atoms with Gasteiger partial charge in [-0.15, -0.1) is 0 Å². The molecule has 1 saturated heterocycles. The van der Waals surface area contributed by atoms with Crippen molar-refractivity contribution in [1.29, 1.82) is 5.26 Å². The number of nitrogens with zero attached hydrogens (tertiary/aromatic N) is 2. The molecule has 0 spiro atoms. The van der Waals surface area contributed by atoms with Crippen LogP contribution in [0.15, 0.2) is 11.3 Å². The van der Waals surface area contributed by atoms with Crippen molar-refractivity contribution in [2.75, 3.05) is 13.1 Å². The molecule has 0 aromatic heterocycles. The summed E-state index contributed by atoms with van der Waals surface area (Å²) >= 11 is 4.80. The van der Waals surface area contributed by atoms with E-state index in [0.29, 0.717) is 5.57 Å². The minimum absolute atomic E-state index is 0.201.